The summed E-state index contributed by atoms with van der Waals surface area (Å²) in [7, 11) is 0. The number of anilines is 2. The molecule has 2 aliphatic rings. The molecule has 28 heavy (non-hydrogen) atoms. The van der Waals surface area contributed by atoms with Crippen molar-refractivity contribution in [3.05, 3.63) is 18.2 Å². The number of fused-ring (bicyclic) bond motifs is 1. The zero-order valence-corrected chi connectivity index (χ0v) is 16.0. The molecule has 4 amide bonds. The van der Waals surface area contributed by atoms with Gasteiger partial charge in [0, 0.05) is 32.6 Å². The molecule has 1 fully saturated rings. The highest BCUT2D eigenvalue weighted by molar-refractivity contribution is 6.39. The maximum atomic E-state index is 12.5. The molecule has 0 spiro atoms. The molecule has 0 bridgehead atoms. The van der Waals surface area contributed by atoms with Gasteiger partial charge in [-0.05, 0) is 18.1 Å². The molecule has 0 saturated carbocycles. The third-order valence-electron chi connectivity index (χ3n) is 4.58. The summed E-state index contributed by atoms with van der Waals surface area (Å²) in [5.74, 6) is -1.04. The molecule has 0 atom stereocenters. The molecule has 1 aromatic carbocycles. The van der Waals surface area contributed by atoms with Crippen molar-refractivity contribution >= 4 is 35.0 Å². The highest BCUT2D eigenvalue weighted by Crippen LogP contribution is 2.35. The van der Waals surface area contributed by atoms with E-state index in [-0.39, 0.29) is 24.3 Å². The number of ether oxygens (including phenoxy) is 1. The summed E-state index contributed by atoms with van der Waals surface area (Å²) in [4.78, 5) is 51.6. The molecule has 0 unspecified atom stereocenters. The van der Waals surface area contributed by atoms with E-state index >= 15 is 0 Å². The SMILES string of the molecule is CC(C)CC(=O)N1CCN(C(=O)C(=O)Nc2cccc3c2OCC(=O)N3)CC1. The molecule has 9 heteroatoms. The second-order valence-corrected chi connectivity index (χ2v) is 7.24. The van der Waals surface area contributed by atoms with Crippen LogP contribution in [0.3, 0.4) is 0 Å². The van der Waals surface area contributed by atoms with E-state index in [0.29, 0.717) is 49.7 Å². The Hall–Kier alpha value is -3.10. The molecule has 1 saturated heterocycles. The number of benzene rings is 1. The maximum absolute atomic E-state index is 12.5. The monoisotopic (exact) mass is 388 g/mol. The fourth-order valence-electron chi connectivity index (χ4n) is 3.17. The lowest BCUT2D eigenvalue weighted by Crippen LogP contribution is -2.53. The number of rotatable bonds is 3. The molecule has 3 rings (SSSR count). The Kier molecular flexibility index (Phi) is 5.81. The van der Waals surface area contributed by atoms with Crippen molar-refractivity contribution in [3.8, 4) is 5.75 Å². The van der Waals surface area contributed by atoms with Crippen molar-refractivity contribution in [2.45, 2.75) is 20.3 Å². The van der Waals surface area contributed by atoms with E-state index < -0.39 is 11.8 Å². The summed E-state index contributed by atoms with van der Waals surface area (Å²) in [5, 5.41) is 5.20. The van der Waals surface area contributed by atoms with E-state index in [1.807, 2.05) is 13.8 Å². The Bertz CT molecular complexity index is 800. The zero-order valence-electron chi connectivity index (χ0n) is 16.0. The van der Waals surface area contributed by atoms with Crippen LogP contribution >= 0.6 is 0 Å². The molecule has 2 aliphatic heterocycles. The number of para-hydroxylation sites is 1. The largest absolute Gasteiger partial charge is 0.479 e. The highest BCUT2D eigenvalue weighted by Gasteiger charge is 2.29. The van der Waals surface area contributed by atoms with Gasteiger partial charge in [0.25, 0.3) is 5.91 Å². The van der Waals surface area contributed by atoms with Gasteiger partial charge in [-0.2, -0.15) is 0 Å². The molecule has 2 N–H and O–H groups in total. The third kappa shape index (κ3) is 4.41. The fraction of sp³-hybridized carbons (Fsp3) is 0.474. The van der Waals surface area contributed by atoms with E-state index in [9.17, 15) is 19.2 Å². The molecule has 0 aromatic heterocycles. The summed E-state index contributed by atoms with van der Waals surface area (Å²) in [6.45, 7) is 5.28. The van der Waals surface area contributed by atoms with Gasteiger partial charge in [0.1, 0.15) is 0 Å². The summed E-state index contributed by atoms with van der Waals surface area (Å²) in [5.41, 5.74) is 0.764. The predicted molar refractivity (Wildman–Crippen MR) is 102 cm³/mol. The Labute approximate surface area is 163 Å². The second kappa shape index (κ2) is 8.28. The number of amides is 4. The lowest BCUT2D eigenvalue weighted by Gasteiger charge is -2.34. The number of nitrogens with zero attached hydrogens (tertiary/aromatic N) is 2. The first-order valence-corrected chi connectivity index (χ1v) is 9.29. The molecular weight excluding hydrogens is 364 g/mol. The summed E-state index contributed by atoms with van der Waals surface area (Å²) >= 11 is 0. The zero-order chi connectivity index (χ0) is 20.3. The van der Waals surface area contributed by atoms with Crippen LogP contribution in [0.4, 0.5) is 11.4 Å². The van der Waals surface area contributed by atoms with Crippen molar-refractivity contribution in [1.29, 1.82) is 0 Å². The second-order valence-electron chi connectivity index (χ2n) is 7.24. The van der Waals surface area contributed by atoms with Gasteiger partial charge in [-0.15, -0.1) is 0 Å². The van der Waals surface area contributed by atoms with Crippen LogP contribution in [0.15, 0.2) is 18.2 Å². The minimum Gasteiger partial charge on any atom is -0.479 e. The molecular formula is C19H24N4O5. The van der Waals surface area contributed by atoms with Crippen LogP contribution in [-0.2, 0) is 19.2 Å². The standard InChI is InChI=1S/C19H24N4O5/c1-12(2)10-16(25)22-6-8-23(9-7-22)19(27)18(26)21-14-5-3-4-13-17(14)28-11-15(24)20-13/h3-5,12H,6-11H2,1-2H3,(H,20,24)(H,21,26). The predicted octanol–water partition coefficient (Wildman–Crippen LogP) is 0.673. The van der Waals surface area contributed by atoms with Crippen LogP contribution < -0.4 is 15.4 Å². The van der Waals surface area contributed by atoms with Gasteiger partial charge in [0.05, 0.1) is 11.4 Å². The van der Waals surface area contributed by atoms with E-state index in [1.54, 1.807) is 23.1 Å². The molecule has 1 aromatic rings. The number of hydrogen-bond acceptors (Lipinski definition) is 5. The summed E-state index contributed by atoms with van der Waals surface area (Å²) in [6.07, 6.45) is 0.476. The fourth-order valence-corrected chi connectivity index (χ4v) is 3.17. The van der Waals surface area contributed by atoms with Crippen LogP contribution in [0.25, 0.3) is 0 Å². The van der Waals surface area contributed by atoms with Crippen LogP contribution in [0.2, 0.25) is 0 Å². The van der Waals surface area contributed by atoms with Gasteiger partial charge >= 0.3 is 11.8 Å². The number of piperazine rings is 1. The van der Waals surface area contributed by atoms with Gasteiger partial charge in [0.15, 0.2) is 12.4 Å². The lowest BCUT2D eigenvalue weighted by atomic mass is 10.1. The van der Waals surface area contributed by atoms with Crippen LogP contribution in [-0.4, -0.2) is 66.2 Å². The number of carbonyl (C=O) groups excluding carboxylic acids is 4. The average molecular weight is 388 g/mol. The molecule has 2 heterocycles. The van der Waals surface area contributed by atoms with Crippen molar-refractivity contribution in [3.63, 3.8) is 0 Å². The van der Waals surface area contributed by atoms with Gasteiger partial charge in [0.2, 0.25) is 5.91 Å². The van der Waals surface area contributed by atoms with E-state index in [0.717, 1.165) is 0 Å². The highest BCUT2D eigenvalue weighted by atomic mass is 16.5. The topological polar surface area (TPSA) is 108 Å². The van der Waals surface area contributed by atoms with Gasteiger partial charge in [-0.25, -0.2) is 0 Å². The maximum Gasteiger partial charge on any atom is 0.314 e. The van der Waals surface area contributed by atoms with E-state index in [1.165, 1.54) is 4.90 Å². The first kappa shape index (κ1) is 19.7. The molecule has 150 valence electrons. The van der Waals surface area contributed by atoms with Crippen molar-refractivity contribution < 1.29 is 23.9 Å². The Balaban J connectivity index is 1.58. The number of hydrogen-bond donors (Lipinski definition) is 2. The minimum absolute atomic E-state index is 0.0710. The Morgan fingerprint density at radius 3 is 2.50 bits per heavy atom. The van der Waals surface area contributed by atoms with E-state index in [4.69, 9.17) is 4.74 Å². The quantitative estimate of drug-likeness (QED) is 0.740. The smallest absolute Gasteiger partial charge is 0.314 e. The lowest BCUT2D eigenvalue weighted by molar-refractivity contribution is -0.146. The van der Waals surface area contributed by atoms with Crippen molar-refractivity contribution in [2.24, 2.45) is 5.92 Å². The van der Waals surface area contributed by atoms with Crippen molar-refractivity contribution in [2.75, 3.05) is 43.4 Å². The Morgan fingerprint density at radius 2 is 1.82 bits per heavy atom. The average Bonchev–Trinajstić information content (AvgIpc) is 2.67. The minimum atomic E-state index is -0.782. The van der Waals surface area contributed by atoms with Crippen molar-refractivity contribution in [1.82, 2.24) is 9.80 Å². The van der Waals surface area contributed by atoms with Crippen LogP contribution in [0.1, 0.15) is 20.3 Å². The van der Waals surface area contributed by atoms with Crippen LogP contribution in [0, 0.1) is 5.92 Å². The third-order valence-corrected chi connectivity index (χ3v) is 4.58. The molecule has 0 aliphatic carbocycles. The summed E-state index contributed by atoms with van der Waals surface area (Å²) in [6, 6.07) is 4.90. The van der Waals surface area contributed by atoms with Gasteiger partial charge < -0.3 is 25.2 Å². The van der Waals surface area contributed by atoms with Gasteiger partial charge in [-0.3, -0.25) is 19.2 Å². The summed E-state index contributed by atoms with van der Waals surface area (Å²) < 4.78 is 5.37. The number of nitrogens with one attached hydrogen (secondary N) is 2. The normalized spacial score (nSPS) is 16.2. The van der Waals surface area contributed by atoms with Gasteiger partial charge in [-0.1, -0.05) is 19.9 Å². The molecule has 0 radical (unpaired) electrons. The van der Waals surface area contributed by atoms with E-state index in [2.05, 4.69) is 10.6 Å². The van der Waals surface area contributed by atoms with Crippen LogP contribution in [0.5, 0.6) is 5.75 Å². The first-order valence-electron chi connectivity index (χ1n) is 9.29. The Morgan fingerprint density at radius 1 is 1.14 bits per heavy atom. The first-order chi connectivity index (χ1) is 13.3. The number of carbonyl (C=O) groups is 4. The molecule has 9 nitrogen and oxygen atoms in total.